The molecule has 0 fully saturated rings. The number of nitrogens with zero attached hydrogens (tertiary/aromatic N) is 1. The van der Waals surface area contributed by atoms with E-state index in [-0.39, 0.29) is 0 Å². The van der Waals surface area contributed by atoms with Crippen molar-refractivity contribution in [2.45, 2.75) is 104 Å². The molecule has 21 heavy (non-hydrogen) atoms. The van der Waals surface area contributed by atoms with Crippen LogP contribution in [0.2, 0.25) is 0 Å². The van der Waals surface area contributed by atoms with Gasteiger partial charge in [0.15, 0.2) is 0 Å². The van der Waals surface area contributed by atoms with E-state index < -0.39 is 0 Å². The van der Waals surface area contributed by atoms with Crippen molar-refractivity contribution in [3.63, 3.8) is 0 Å². The van der Waals surface area contributed by atoms with Crippen LogP contribution in [0.3, 0.4) is 0 Å². The van der Waals surface area contributed by atoms with Crippen molar-refractivity contribution in [2.75, 3.05) is 0 Å². The molecule has 122 valence electrons. The monoisotopic (exact) mass is 309 g/mol. The molecule has 0 amide bonds. The molecule has 0 saturated heterocycles. The molecule has 1 nitrogen and oxygen atoms in total. The van der Waals surface area contributed by atoms with E-state index >= 15 is 0 Å². The SMILES string of the molecule is CCCCCCCC(C)(CCCCCC)c1csc(C)n1. The number of hydrogen-bond donors (Lipinski definition) is 0. The first-order valence-electron chi connectivity index (χ1n) is 9.05. The molecule has 0 aliphatic rings. The van der Waals surface area contributed by atoms with Gasteiger partial charge in [-0.15, -0.1) is 11.3 Å². The van der Waals surface area contributed by atoms with E-state index in [2.05, 4.69) is 33.1 Å². The maximum atomic E-state index is 4.82. The Labute approximate surface area is 136 Å². The summed E-state index contributed by atoms with van der Waals surface area (Å²) >= 11 is 1.81. The lowest BCUT2D eigenvalue weighted by Gasteiger charge is -2.28. The first-order valence-corrected chi connectivity index (χ1v) is 9.93. The predicted octanol–water partition coefficient (Wildman–Crippen LogP) is 7.04. The number of hydrogen-bond acceptors (Lipinski definition) is 2. The fourth-order valence-corrected chi connectivity index (χ4v) is 3.85. The maximum absolute atomic E-state index is 4.82. The lowest BCUT2D eigenvalue weighted by atomic mass is 9.77. The Morgan fingerprint density at radius 3 is 1.90 bits per heavy atom. The molecule has 0 spiro atoms. The van der Waals surface area contributed by atoms with Gasteiger partial charge in [0.1, 0.15) is 0 Å². The minimum atomic E-state index is 0.310. The van der Waals surface area contributed by atoms with Gasteiger partial charge in [0.05, 0.1) is 10.7 Å². The van der Waals surface area contributed by atoms with Crippen LogP contribution in [-0.4, -0.2) is 4.98 Å². The molecular formula is C19H35NS. The highest BCUT2D eigenvalue weighted by Gasteiger charge is 2.28. The molecule has 0 N–H and O–H groups in total. The van der Waals surface area contributed by atoms with Gasteiger partial charge in [0.2, 0.25) is 0 Å². The van der Waals surface area contributed by atoms with Crippen LogP contribution >= 0.6 is 11.3 Å². The maximum Gasteiger partial charge on any atom is 0.0897 e. The third-order valence-corrected chi connectivity index (χ3v) is 5.43. The smallest absolute Gasteiger partial charge is 0.0897 e. The Morgan fingerprint density at radius 2 is 1.43 bits per heavy atom. The second kappa shape index (κ2) is 10.4. The lowest BCUT2D eigenvalue weighted by molar-refractivity contribution is 0.356. The van der Waals surface area contributed by atoms with Gasteiger partial charge in [-0.1, -0.05) is 78.6 Å². The van der Waals surface area contributed by atoms with Crippen LogP contribution in [0.25, 0.3) is 0 Å². The van der Waals surface area contributed by atoms with Crippen LogP contribution in [-0.2, 0) is 5.41 Å². The summed E-state index contributed by atoms with van der Waals surface area (Å²) in [4.78, 5) is 4.82. The molecule has 1 heterocycles. The molecule has 0 aliphatic carbocycles. The summed E-state index contributed by atoms with van der Waals surface area (Å²) < 4.78 is 0. The molecule has 0 bridgehead atoms. The highest BCUT2D eigenvalue weighted by molar-refractivity contribution is 7.09. The number of aromatic nitrogens is 1. The van der Waals surface area contributed by atoms with Gasteiger partial charge < -0.3 is 0 Å². The predicted molar refractivity (Wildman–Crippen MR) is 96.3 cm³/mol. The minimum absolute atomic E-state index is 0.310. The van der Waals surface area contributed by atoms with Crippen molar-refractivity contribution in [1.29, 1.82) is 0 Å². The Morgan fingerprint density at radius 1 is 0.905 bits per heavy atom. The normalized spacial score (nSPS) is 14.3. The van der Waals surface area contributed by atoms with Crippen LogP contribution < -0.4 is 0 Å². The number of aryl methyl sites for hydroxylation is 1. The fourth-order valence-electron chi connectivity index (χ4n) is 3.08. The molecular weight excluding hydrogens is 274 g/mol. The first kappa shape index (κ1) is 18.7. The van der Waals surface area contributed by atoms with E-state index in [9.17, 15) is 0 Å². The standard InChI is InChI=1S/C19H35NS/c1-5-7-9-11-13-15-19(4,14-12-10-8-6-2)18-16-21-17(3)20-18/h16H,5-15H2,1-4H3. The van der Waals surface area contributed by atoms with Gasteiger partial charge in [-0.25, -0.2) is 4.98 Å². The van der Waals surface area contributed by atoms with E-state index in [0.29, 0.717) is 5.41 Å². The largest absolute Gasteiger partial charge is 0.246 e. The number of thiazole rings is 1. The zero-order valence-corrected chi connectivity index (χ0v) is 15.5. The highest BCUT2D eigenvalue weighted by Crippen LogP contribution is 2.35. The van der Waals surface area contributed by atoms with Gasteiger partial charge in [-0.2, -0.15) is 0 Å². The topological polar surface area (TPSA) is 12.9 Å². The third kappa shape index (κ3) is 6.95. The second-order valence-electron chi connectivity index (χ2n) is 6.79. The highest BCUT2D eigenvalue weighted by atomic mass is 32.1. The summed E-state index contributed by atoms with van der Waals surface area (Å²) in [6.07, 6.45) is 14.9. The van der Waals surface area contributed by atoms with Crippen LogP contribution in [0.15, 0.2) is 5.38 Å². The van der Waals surface area contributed by atoms with Crippen molar-refractivity contribution < 1.29 is 0 Å². The Bertz CT molecular complexity index is 371. The molecule has 2 heteroatoms. The van der Waals surface area contributed by atoms with Crippen LogP contribution in [0.1, 0.15) is 102 Å². The quantitative estimate of drug-likeness (QED) is 0.377. The molecule has 1 rings (SSSR count). The first-order chi connectivity index (χ1) is 10.1. The summed E-state index contributed by atoms with van der Waals surface area (Å²) in [5, 5.41) is 3.53. The Balaban J connectivity index is 2.52. The third-order valence-electron chi connectivity index (χ3n) is 4.65. The van der Waals surface area contributed by atoms with Crippen molar-refractivity contribution in [3.05, 3.63) is 16.1 Å². The molecule has 1 unspecified atom stereocenters. The summed E-state index contributed by atoms with van der Waals surface area (Å²) in [6.45, 7) is 9.16. The molecule has 0 aromatic carbocycles. The van der Waals surface area contributed by atoms with Crippen molar-refractivity contribution in [1.82, 2.24) is 4.98 Å². The van der Waals surface area contributed by atoms with E-state index in [1.807, 2.05) is 11.3 Å². The lowest BCUT2D eigenvalue weighted by Crippen LogP contribution is -2.22. The van der Waals surface area contributed by atoms with Crippen LogP contribution in [0.5, 0.6) is 0 Å². The molecule has 1 aromatic heterocycles. The van der Waals surface area contributed by atoms with Crippen molar-refractivity contribution in [2.24, 2.45) is 0 Å². The summed E-state index contributed by atoms with van der Waals surface area (Å²) in [7, 11) is 0. The molecule has 0 aliphatic heterocycles. The summed E-state index contributed by atoms with van der Waals surface area (Å²) in [5.41, 5.74) is 1.67. The van der Waals surface area contributed by atoms with Crippen LogP contribution in [0.4, 0.5) is 0 Å². The average molecular weight is 310 g/mol. The Kier molecular flexibility index (Phi) is 9.23. The van der Waals surface area contributed by atoms with E-state index in [1.165, 1.54) is 81.3 Å². The molecule has 0 saturated carbocycles. The van der Waals surface area contributed by atoms with Gasteiger partial charge in [0.25, 0.3) is 0 Å². The van der Waals surface area contributed by atoms with Crippen molar-refractivity contribution >= 4 is 11.3 Å². The average Bonchev–Trinajstić information content (AvgIpc) is 2.91. The fraction of sp³-hybridized carbons (Fsp3) is 0.842. The van der Waals surface area contributed by atoms with E-state index in [4.69, 9.17) is 4.98 Å². The van der Waals surface area contributed by atoms with Gasteiger partial charge in [0, 0.05) is 10.8 Å². The zero-order valence-electron chi connectivity index (χ0n) is 14.7. The number of rotatable bonds is 12. The summed E-state index contributed by atoms with van der Waals surface area (Å²) in [6, 6.07) is 0. The van der Waals surface area contributed by atoms with E-state index in [1.54, 1.807) is 0 Å². The van der Waals surface area contributed by atoms with Crippen molar-refractivity contribution in [3.8, 4) is 0 Å². The van der Waals surface area contributed by atoms with Crippen LogP contribution in [0, 0.1) is 6.92 Å². The summed E-state index contributed by atoms with van der Waals surface area (Å²) in [5.74, 6) is 0. The molecule has 0 radical (unpaired) electrons. The number of unbranched alkanes of at least 4 members (excludes halogenated alkanes) is 7. The molecule has 1 atom stereocenters. The van der Waals surface area contributed by atoms with Gasteiger partial charge >= 0.3 is 0 Å². The van der Waals surface area contributed by atoms with Gasteiger partial charge in [-0.3, -0.25) is 0 Å². The van der Waals surface area contributed by atoms with Gasteiger partial charge in [-0.05, 0) is 19.8 Å². The minimum Gasteiger partial charge on any atom is -0.246 e. The Hall–Kier alpha value is -0.370. The van der Waals surface area contributed by atoms with E-state index in [0.717, 1.165) is 0 Å². The zero-order chi connectivity index (χ0) is 15.6. The molecule has 1 aromatic rings. The second-order valence-corrected chi connectivity index (χ2v) is 7.85.